The number of H-pyrrole nitrogens is 1. The average Bonchev–Trinajstić information content (AvgIpc) is 2.89. The van der Waals surface area contributed by atoms with E-state index in [2.05, 4.69) is 16.3 Å². The highest BCUT2D eigenvalue weighted by Gasteiger charge is 2.32. The number of nitriles is 1. The minimum Gasteiger partial charge on any atom is -0.369 e. The van der Waals surface area contributed by atoms with Crippen LogP contribution in [0, 0.1) is 17.2 Å². The van der Waals surface area contributed by atoms with Crippen molar-refractivity contribution in [1.82, 2.24) is 15.1 Å². The van der Waals surface area contributed by atoms with Crippen molar-refractivity contribution in [3.63, 3.8) is 0 Å². The molecule has 0 unspecified atom stereocenters. The number of fused-ring (bicyclic) bond motifs is 1. The van der Waals surface area contributed by atoms with Crippen molar-refractivity contribution in [2.75, 3.05) is 13.1 Å². The van der Waals surface area contributed by atoms with Gasteiger partial charge in [0.1, 0.15) is 0 Å². The molecule has 3 rings (SSSR count). The lowest BCUT2D eigenvalue weighted by Gasteiger charge is -2.32. The van der Waals surface area contributed by atoms with Gasteiger partial charge in [0.05, 0.1) is 30.4 Å². The molecule has 1 aliphatic carbocycles. The molecule has 1 aromatic rings. The second-order valence-corrected chi connectivity index (χ2v) is 6.71. The molecule has 1 saturated carbocycles. The normalized spacial score (nSPS) is 23.7. The van der Waals surface area contributed by atoms with Crippen molar-refractivity contribution in [3.8, 4) is 6.07 Å². The number of rotatable bonds is 5. The Balaban J connectivity index is 1.80. The van der Waals surface area contributed by atoms with Gasteiger partial charge in [-0.1, -0.05) is 6.42 Å². The third-order valence-electron chi connectivity index (χ3n) is 4.92. The van der Waals surface area contributed by atoms with E-state index in [4.69, 9.17) is 10.00 Å². The molecule has 6 nitrogen and oxygen atoms in total. The number of amides is 1. The van der Waals surface area contributed by atoms with E-state index in [1.807, 2.05) is 18.7 Å². The number of nitrogens with zero attached hydrogens (tertiary/aromatic N) is 3. The zero-order chi connectivity index (χ0) is 16.4. The molecule has 0 aromatic carbocycles. The van der Waals surface area contributed by atoms with Crippen LogP contribution in [0.1, 0.15) is 67.4 Å². The van der Waals surface area contributed by atoms with Crippen LogP contribution < -0.4 is 0 Å². The summed E-state index contributed by atoms with van der Waals surface area (Å²) < 4.78 is 5.78. The first-order chi connectivity index (χ1) is 11.1. The molecular weight excluding hydrogens is 292 g/mol. The van der Waals surface area contributed by atoms with Crippen LogP contribution in [0.4, 0.5) is 0 Å². The van der Waals surface area contributed by atoms with Crippen LogP contribution in [0.25, 0.3) is 0 Å². The maximum atomic E-state index is 13.0. The first kappa shape index (κ1) is 16.0. The molecule has 0 spiro atoms. The van der Waals surface area contributed by atoms with E-state index in [0.717, 1.165) is 17.8 Å². The van der Waals surface area contributed by atoms with Crippen molar-refractivity contribution in [1.29, 1.82) is 5.26 Å². The minimum atomic E-state index is -0.0676. The van der Waals surface area contributed by atoms with E-state index < -0.39 is 0 Å². The van der Waals surface area contributed by atoms with Gasteiger partial charge in [-0.2, -0.15) is 10.4 Å². The zero-order valence-corrected chi connectivity index (χ0v) is 13.8. The van der Waals surface area contributed by atoms with Crippen molar-refractivity contribution >= 4 is 5.91 Å². The van der Waals surface area contributed by atoms with Gasteiger partial charge in [-0.25, -0.2) is 0 Å². The van der Waals surface area contributed by atoms with E-state index in [1.54, 1.807) is 0 Å². The lowest BCUT2D eigenvalue weighted by Crippen LogP contribution is -2.39. The van der Waals surface area contributed by atoms with Gasteiger partial charge in [0, 0.05) is 25.1 Å². The Kier molecular flexibility index (Phi) is 4.67. The molecule has 1 fully saturated rings. The van der Waals surface area contributed by atoms with Gasteiger partial charge >= 0.3 is 0 Å². The topological polar surface area (TPSA) is 82.0 Å². The summed E-state index contributed by atoms with van der Waals surface area (Å²) >= 11 is 0. The largest absolute Gasteiger partial charge is 0.369 e. The van der Waals surface area contributed by atoms with E-state index in [1.165, 1.54) is 19.3 Å². The van der Waals surface area contributed by atoms with Gasteiger partial charge in [-0.3, -0.25) is 9.89 Å². The number of aromatic nitrogens is 2. The molecule has 1 amide bonds. The van der Waals surface area contributed by atoms with Crippen LogP contribution in [-0.4, -0.2) is 40.2 Å². The first-order valence-corrected chi connectivity index (χ1v) is 8.49. The molecule has 124 valence electrons. The molecule has 0 saturated heterocycles. The predicted molar refractivity (Wildman–Crippen MR) is 84.7 cm³/mol. The van der Waals surface area contributed by atoms with E-state index in [0.29, 0.717) is 31.0 Å². The number of aromatic amines is 1. The van der Waals surface area contributed by atoms with Crippen LogP contribution >= 0.6 is 0 Å². The van der Waals surface area contributed by atoms with Gasteiger partial charge in [0.15, 0.2) is 5.69 Å². The van der Waals surface area contributed by atoms with Gasteiger partial charge < -0.3 is 9.64 Å². The Morgan fingerprint density at radius 2 is 2.26 bits per heavy atom. The van der Waals surface area contributed by atoms with Gasteiger partial charge in [-0.15, -0.1) is 0 Å². The summed E-state index contributed by atoms with van der Waals surface area (Å²) in [4.78, 5) is 14.8. The standard InChI is InChI=1S/C17H24N4O2/c1-11-9-14-15(12(2)23-11)19-20-16(14)17(22)21(8-4-7-18)10-13-5-3-6-13/h11-13H,3-6,8-10H2,1-2H3,(H,19,20)/t11-,12+/m1/s1. The van der Waals surface area contributed by atoms with Gasteiger partial charge in [-0.05, 0) is 32.6 Å². The SMILES string of the molecule is C[C@@H]1Cc2c(C(=O)N(CCC#N)CC3CCC3)n[nH]c2[C@H](C)O1. The Morgan fingerprint density at radius 3 is 2.91 bits per heavy atom. The van der Waals surface area contributed by atoms with Crippen LogP contribution in [0.15, 0.2) is 0 Å². The Bertz CT molecular complexity index is 615. The summed E-state index contributed by atoms with van der Waals surface area (Å²) in [6.45, 7) is 5.21. The van der Waals surface area contributed by atoms with Crippen LogP contribution in [0.3, 0.4) is 0 Å². The van der Waals surface area contributed by atoms with Crippen LogP contribution in [-0.2, 0) is 11.2 Å². The third kappa shape index (κ3) is 3.25. The lowest BCUT2D eigenvalue weighted by molar-refractivity contribution is -0.00703. The molecule has 6 heteroatoms. The van der Waals surface area contributed by atoms with Crippen molar-refractivity contribution in [2.45, 2.75) is 58.2 Å². The number of hydrogen-bond donors (Lipinski definition) is 1. The van der Waals surface area contributed by atoms with Gasteiger partial charge in [0.25, 0.3) is 5.91 Å². The van der Waals surface area contributed by atoms with E-state index >= 15 is 0 Å². The summed E-state index contributed by atoms with van der Waals surface area (Å²) in [5.41, 5.74) is 2.41. The molecule has 0 bridgehead atoms. The van der Waals surface area contributed by atoms with Crippen LogP contribution in [0.5, 0.6) is 0 Å². The minimum absolute atomic E-state index is 0.0500. The number of hydrogen-bond acceptors (Lipinski definition) is 4. The molecule has 1 aromatic heterocycles. The molecule has 2 aliphatic rings. The zero-order valence-electron chi connectivity index (χ0n) is 13.8. The molecule has 23 heavy (non-hydrogen) atoms. The van der Waals surface area contributed by atoms with Crippen molar-refractivity contribution in [3.05, 3.63) is 17.0 Å². The highest BCUT2D eigenvalue weighted by Crippen LogP contribution is 2.32. The molecule has 1 N–H and O–H groups in total. The predicted octanol–water partition coefficient (Wildman–Crippen LogP) is 2.59. The second kappa shape index (κ2) is 6.71. The fraction of sp³-hybridized carbons (Fsp3) is 0.706. The van der Waals surface area contributed by atoms with E-state index in [9.17, 15) is 4.79 Å². The molecule has 2 heterocycles. The second-order valence-electron chi connectivity index (χ2n) is 6.71. The quantitative estimate of drug-likeness (QED) is 0.905. The summed E-state index contributed by atoms with van der Waals surface area (Å²) in [5, 5.41) is 16.1. The molecule has 0 radical (unpaired) electrons. The smallest absolute Gasteiger partial charge is 0.274 e. The van der Waals surface area contributed by atoms with Crippen molar-refractivity contribution < 1.29 is 9.53 Å². The van der Waals surface area contributed by atoms with Crippen LogP contribution in [0.2, 0.25) is 0 Å². The monoisotopic (exact) mass is 316 g/mol. The number of carbonyl (C=O) groups is 1. The maximum absolute atomic E-state index is 13.0. The fourth-order valence-electron chi connectivity index (χ4n) is 3.45. The molecule has 2 atom stereocenters. The molecular formula is C17H24N4O2. The first-order valence-electron chi connectivity index (χ1n) is 8.49. The number of ether oxygens (including phenoxy) is 1. The average molecular weight is 316 g/mol. The lowest BCUT2D eigenvalue weighted by atomic mass is 9.85. The molecule has 1 aliphatic heterocycles. The van der Waals surface area contributed by atoms with Crippen molar-refractivity contribution in [2.24, 2.45) is 5.92 Å². The summed E-state index contributed by atoms with van der Waals surface area (Å²) in [6.07, 6.45) is 4.68. The third-order valence-corrected chi connectivity index (χ3v) is 4.92. The number of carbonyl (C=O) groups excluding carboxylic acids is 1. The fourth-order valence-corrected chi connectivity index (χ4v) is 3.45. The number of nitrogens with one attached hydrogen (secondary N) is 1. The Morgan fingerprint density at radius 1 is 1.48 bits per heavy atom. The van der Waals surface area contributed by atoms with E-state index in [-0.39, 0.29) is 18.1 Å². The summed E-state index contributed by atoms with van der Waals surface area (Å²) in [6, 6.07) is 2.14. The Hall–Kier alpha value is -1.87. The summed E-state index contributed by atoms with van der Waals surface area (Å²) in [7, 11) is 0. The highest BCUT2D eigenvalue weighted by molar-refractivity contribution is 5.94. The Labute approximate surface area is 136 Å². The maximum Gasteiger partial charge on any atom is 0.274 e. The highest BCUT2D eigenvalue weighted by atomic mass is 16.5. The van der Waals surface area contributed by atoms with Gasteiger partial charge in [0.2, 0.25) is 0 Å². The summed E-state index contributed by atoms with van der Waals surface area (Å²) in [5.74, 6) is 0.527.